The Morgan fingerprint density at radius 3 is 1.84 bits per heavy atom. The molecular weight excluding hydrogens is 406 g/mol. The minimum Gasteiger partial charge on any atom is -0.394 e. The summed E-state index contributed by atoms with van der Waals surface area (Å²) in [5, 5.41) is 10.4. The first kappa shape index (κ1) is 29.2. The summed E-state index contributed by atoms with van der Waals surface area (Å²) in [5.74, 6) is -1.28. The van der Waals surface area contributed by atoms with E-state index in [0.717, 1.165) is 25.7 Å². The van der Waals surface area contributed by atoms with Gasteiger partial charge in [0.2, 0.25) is 0 Å². The highest BCUT2D eigenvalue weighted by Gasteiger charge is 2.52. The number of likely N-dealkylation sites (tertiary alicyclic amines) is 1. The van der Waals surface area contributed by atoms with E-state index in [4.69, 9.17) is 9.47 Å². The Balaban J connectivity index is 3.22. The Morgan fingerprint density at radius 1 is 1.03 bits per heavy atom. The van der Waals surface area contributed by atoms with E-state index >= 15 is 0 Å². The molecule has 32 heavy (non-hydrogen) atoms. The standard InChI is InChI=1S/C26H49NO5/c1-11-19(12-2)32-20-15-24(6,7)27(25(8,9)16-20)21(17-28)22(29)18(5)23(30)26(13-3,14-4)31-10/h18-21,28H,11-17H2,1-10H3. The number of hydrogen-bond donors (Lipinski definition) is 1. The van der Waals surface area contributed by atoms with Crippen LogP contribution in [0.2, 0.25) is 0 Å². The van der Waals surface area contributed by atoms with Gasteiger partial charge in [0.05, 0.1) is 30.8 Å². The molecule has 1 fully saturated rings. The van der Waals surface area contributed by atoms with Crippen LogP contribution >= 0.6 is 0 Å². The molecule has 1 aliphatic rings. The zero-order valence-electron chi connectivity index (χ0n) is 22.3. The third-order valence-corrected chi connectivity index (χ3v) is 7.67. The second kappa shape index (κ2) is 11.5. The molecule has 0 spiro atoms. The molecular formula is C26H49NO5. The predicted molar refractivity (Wildman–Crippen MR) is 129 cm³/mol. The Hall–Kier alpha value is -0.820. The van der Waals surface area contributed by atoms with E-state index < -0.39 is 17.6 Å². The molecule has 1 heterocycles. The predicted octanol–water partition coefficient (Wildman–Crippen LogP) is 4.55. The maximum atomic E-state index is 13.6. The summed E-state index contributed by atoms with van der Waals surface area (Å²) in [7, 11) is 1.53. The number of rotatable bonds is 13. The number of aliphatic hydroxyl groups is 1. The fraction of sp³-hybridized carbons (Fsp3) is 0.923. The molecule has 0 radical (unpaired) electrons. The number of aliphatic hydroxyl groups excluding tert-OH is 1. The van der Waals surface area contributed by atoms with Gasteiger partial charge >= 0.3 is 0 Å². The van der Waals surface area contributed by atoms with Crippen LogP contribution in [0.25, 0.3) is 0 Å². The lowest BCUT2D eigenvalue weighted by atomic mass is 9.74. The van der Waals surface area contributed by atoms with Crippen molar-refractivity contribution >= 4 is 11.6 Å². The lowest BCUT2D eigenvalue weighted by Crippen LogP contribution is -2.68. The Labute approximate surface area is 196 Å². The first-order valence-corrected chi connectivity index (χ1v) is 12.5. The molecule has 6 heteroatoms. The van der Waals surface area contributed by atoms with Crippen LogP contribution in [0.4, 0.5) is 0 Å². The summed E-state index contributed by atoms with van der Waals surface area (Å²) in [4.78, 5) is 29.1. The normalized spacial score (nSPS) is 21.5. The molecule has 2 unspecified atom stereocenters. The average molecular weight is 456 g/mol. The summed E-state index contributed by atoms with van der Waals surface area (Å²) >= 11 is 0. The van der Waals surface area contributed by atoms with E-state index in [1.807, 2.05) is 13.8 Å². The van der Waals surface area contributed by atoms with Crippen molar-refractivity contribution in [1.29, 1.82) is 0 Å². The number of ether oxygens (including phenoxy) is 2. The van der Waals surface area contributed by atoms with Crippen LogP contribution in [-0.2, 0) is 19.1 Å². The van der Waals surface area contributed by atoms with Crippen LogP contribution in [0.3, 0.4) is 0 Å². The van der Waals surface area contributed by atoms with E-state index in [2.05, 4.69) is 46.4 Å². The first-order chi connectivity index (χ1) is 14.8. The van der Waals surface area contributed by atoms with Gasteiger partial charge in [-0.05, 0) is 73.1 Å². The van der Waals surface area contributed by atoms with Gasteiger partial charge in [-0.25, -0.2) is 0 Å². The van der Waals surface area contributed by atoms with Crippen LogP contribution < -0.4 is 0 Å². The molecule has 0 saturated carbocycles. The Kier molecular flexibility index (Phi) is 10.5. The van der Waals surface area contributed by atoms with Crippen molar-refractivity contribution in [2.45, 2.75) is 136 Å². The van der Waals surface area contributed by atoms with Crippen molar-refractivity contribution in [2.75, 3.05) is 13.7 Å². The highest BCUT2D eigenvalue weighted by Crippen LogP contribution is 2.42. The molecule has 1 rings (SSSR count). The van der Waals surface area contributed by atoms with Gasteiger partial charge in [0, 0.05) is 18.2 Å². The van der Waals surface area contributed by atoms with Gasteiger partial charge in [-0.15, -0.1) is 0 Å². The average Bonchev–Trinajstić information content (AvgIpc) is 2.74. The van der Waals surface area contributed by atoms with Gasteiger partial charge < -0.3 is 14.6 Å². The SMILES string of the molecule is CCC(CC)OC1CC(C)(C)N(C(CO)C(=O)C(C)C(=O)C(CC)(CC)OC)C(C)(C)C1. The third kappa shape index (κ3) is 5.99. The minimum absolute atomic E-state index is 0.0935. The lowest BCUT2D eigenvalue weighted by molar-refractivity contribution is -0.165. The number of piperidine rings is 1. The third-order valence-electron chi connectivity index (χ3n) is 7.67. The zero-order chi connectivity index (χ0) is 24.9. The molecule has 0 aromatic carbocycles. The van der Waals surface area contributed by atoms with Crippen LogP contribution in [0, 0.1) is 5.92 Å². The molecule has 0 amide bonds. The number of Topliss-reactive ketones (excluding diaryl/α,β-unsaturated/α-hetero) is 2. The van der Waals surface area contributed by atoms with E-state index in [-0.39, 0.29) is 41.5 Å². The van der Waals surface area contributed by atoms with Crippen molar-refractivity contribution < 1.29 is 24.2 Å². The van der Waals surface area contributed by atoms with Gasteiger partial charge in [0.25, 0.3) is 0 Å². The zero-order valence-corrected chi connectivity index (χ0v) is 22.3. The molecule has 188 valence electrons. The van der Waals surface area contributed by atoms with E-state index in [9.17, 15) is 14.7 Å². The summed E-state index contributed by atoms with van der Waals surface area (Å²) < 4.78 is 12.0. The van der Waals surface area contributed by atoms with Crippen molar-refractivity contribution in [3.63, 3.8) is 0 Å². The summed E-state index contributed by atoms with van der Waals surface area (Å²) in [6.45, 7) is 17.9. The number of nitrogens with zero attached hydrogens (tertiary/aromatic N) is 1. The van der Waals surface area contributed by atoms with Gasteiger partial charge in [-0.3, -0.25) is 14.5 Å². The topological polar surface area (TPSA) is 76.1 Å². The first-order valence-electron chi connectivity index (χ1n) is 12.5. The maximum absolute atomic E-state index is 13.6. The second-order valence-electron chi connectivity index (χ2n) is 10.7. The molecule has 0 bridgehead atoms. The molecule has 1 saturated heterocycles. The van der Waals surface area contributed by atoms with Gasteiger partial charge in [0.15, 0.2) is 11.6 Å². The highest BCUT2D eigenvalue weighted by atomic mass is 16.5. The molecule has 2 atom stereocenters. The molecule has 0 aromatic heterocycles. The van der Waals surface area contributed by atoms with Crippen molar-refractivity contribution in [3.05, 3.63) is 0 Å². The minimum atomic E-state index is -0.962. The van der Waals surface area contributed by atoms with E-state index in [1.165, 1.54) is 7.11 Å². The van der Waals surface area contributed by atoms with Crippen molar-refractivity contribution in [1.82, 2.24) is 4.90 Å². The summed E-state index contributed by atoms with van der Waals surface area (Å²) in [6.07, 6.45) is 4.84. The van der Waals surface area contributed by atoms with Crippen molar-refractivity contribution in [3.8, 4) is 0 Å². The van der Waals surface area contributed by atoms with Crippen LogP contribution in [-0.4, -0.2) is 70.2 Å². The maximum Gasteiger partial charge on any atom is 0.174 e. The highest BCUT2D eigenvalue weighted by molar-refractivity contribution is 6.07. The van der Waals surface area contributed by atoms with E-state index in [1.54, 1.807) is 6.92 Å². The van der Waals surface area contributed by atoms with E-state index in [0.29, 0.717) is 12.8 Å². The molecule has 0 aromatic rings. The number of methoxy groups -OCH3 is 1. The quantitative estimate of drug-likeness (QED) is 0.411. The van der Waals surface area contributed by atoms with Gasteiger partial charge in [-0.1, -0.05) is 27.7 Å². The van der Waals surface area contributed by atoms with Crippen molar-refractivity contribution in [2.24, 2.45) is 5.92 Å². The number of ketones is 2. The molecule has 0 aliphatic carbocycles. The van der Waals surface area contributed by atoms with Gasteiger partial charge in [-0.2, -0.15) is 0 Å². The van der Waals surface area contributed by atoms with Crippen LogP contribution in [0.1, 0.15) is 101 Å². The molecule has 1 aliphatic heterocycles. The monoisotopic (exact) mass is 455 g/mol. The molecule has 6 nitrogen and oxygen atoms in total. The molecule has 1 N–H and O–H groups in total. The number of carbonyl (C=O) groups is 2. The van der Waals surface area contributed by atoms with Crippen LogP contribution in [0.5, 0.6) is 0 Å². The number of hydrogen-bond acceptors (Lipinski definition) is 6. The lowest BCUT2D eigenvalue weighted by Gasteiger charge is -2.58. The fourth-order valence-electron chi connectivity index (χ4n) is 5.99. The van der Waals surface area contributed by atoms with Crippen LogP contribution in [0.15, 0.2) is 0 Å². The summed E-state index contributed by atoms with van der Waals surface area (Å²) in [6, 6.07) is -0.753. The summed E-state index contributed by atoms with van der Waals surface area (Å²) in [5.41, 5.74) is -1.72. The Morgan fingerprint density at radius 2 is 1.50 bits per heavy atom. The smallest absolute Gasteiger partial charge is 0.174 e. The second-order valence-corrected chi connectivity index (χ2v) is 10.7. The fourth-order valence-corrected chi connectivity index (χ4v) is 5.99. The Bertz CT molecular complexity index is 595. The largest absolute Gasteiger partial charge is 0.394 e. The number of carbonyl (C=O) groups excluding carboxylic acids is 2. The van der Waals surface area contributed by atoms with Gasteiger partial charge in [0.1, 0.15) is 5.60 Å².